The predicted molar refractivity (Wildman–Crippen MR) is 16.4 cm³/mol. The van der Waals surface area contributed by atoms with Gasteiger partial charge < -0.3 is 0 Å². The smallest absolute Gasteiger partial charge is 0.0610 e. The Labute approximate surface area is 31.3 Å². The van der Waals surface area contributed by atoms with Crippen LogP contribution in [0.2, 0.25) is 0 Å². The topological polar surface area (TPSA) is 31.5 Å². The lowest BCUT2D eigenvalue weighted by molar-refractivity contribution is 0.184. The molecule has 0 aliphatic heterocycles. The molecule has 0 aliphatic rings. The monoisotopic (exact) mass is 81.0 g/mol. The van der Waals surface area contributed by atoms with Crippen LogP contribution < -0.4 is 5.90 Å². The first kappa shape index (κ1) is 8.88. The van der Waals surface area contributed by atoms with Crippen LogP contribution in [-0.4, -0.2) is 7.11 Å². The first-order valence-corrected chi connectivity index (χ1v) is 0.591. The Kier molecular flexibility index (Phi) is 23.8. The third kappa shape index (κ3) is 73.4. The third-order valence-corrected chi connectivity index (χ3v) is 0. The van der Waals surface area contributed by atoms with E-state index in [0.29, 0.717) is 0 Å². The van der Waals surface area contributed by atoms with E-state index in [1.807, 2.05) is 0 Å². The maximum Gasteiger partial charge on any atom is 0.0610 e. The predicted octanol–water partition coefficient (Wildman–Crippen LogP) is 0.0383. The summed E-state index contributed by atoms with van der Waals surface area (Å²) in [6.07, 6.45) is 0. The van der Waals surface area contributed by atoms with Crippen molar-refractivity contribution >= 4 is 12.4 Å². The van der Waals surface area contributed by atoms with Crippen molar-refractivity contribution in [1.29, 1.82) is 0 Å². The number of nitrogens with zero attached hydrogens (tertiary/aromatic N) is 1. The summed E-state index contributed by atoms with van der Waals surface area (Å²) < 4.78 is 0. The summed E-state index contributed by atoms with van der Waals surface area (Å²) in [6, 6.07) is 0. The molecule has 0 bridgehead atoms. The van der Waals surface area contributed by atoms with Gasteiger partial charge in [-0.2, -0.15) is 0 Å². The van der Waals surface area contributed by atoms with Gasteiger partial charge in [0, 0.05) is 5.90 Å². The molecule has 0 fully saturated rings. The van der Waals surface area contributed by atoms with Crippen LogP contribution in [0.15, 0.2) is 0 Å². The molecular formula is CH4ClNO. The van der Waals surface area contributed by atoms with E-state index < -0.39 is 0 Å². The Balaban J connectivity index is 0. The molecule has 26 valence electrons. The molecule has 0 aromatic rings. The van der Waals surface area contributed by atoms with Gasteiger partial charge in [0.2, 0.25) is 0 Å². The van der Waals surface area contributed by atoms with E-state index in [9.17, 15) is 0 Å². The second-order valence-electron chi connectivity index (χ2n) is 0.183. The van der Waals surface area contributed by atoms with E-state index in [2.05, 4.69) is 4.84 Å². The molecule has 0 saturated carbocycles. The van der Waals surface area contributed by atoms with Crippen molar-refractivity contribution in [1.82, 2.24) is 5.90 Å². The van der Waals surface area contributed by atoms with E-state index in [1.54, 1.807) is 0 Å². The molecule has 0 atom stereocenters. The van der Waals surface area contributed by atoms with Crippen molar-refractivity contribution in [2.75, 3.05) is 7.11 Å². The second-order valence-corrected chi connectivity index (χ2v) is 0.183. The Morgan fingerprint density at radius 1 is 1.75 bits per heavy atom. The van der Waals surface area contributed by atoms with Crippen molar-refractivity contribution < 1.29 is 4.84 Å². The van der Waals surface area contributed by atoms with Gasteiger partial charge in [-0.1, -0.05) is 0 Å². The van der Waals surface area contributed by atoms with Gasteiger partial charge in [0.15, 0.2) is 0 Å². The Bertz CT molecular complexity index is 8.00. The van der Waals surface area contributed by atoms with E-state index in [-0.39, 0.29) is 12.4 Å². The zero-order valence-corrected chi connectivity index (χ0v) is 3.08. The van der Waals surface area contributed by atoms with Crippen molar-refractivity contribution in [3.63, 3.8) is 0 Å². The summed E-state index contributed by atoms with van der Waals surface area (Å²) in [7, 11) is 1.18. The van der Waals surface area contributed by atoms with Crippen LogP contribution >= 0.6 is 12.4 Å². The first-order valence-electron chi connectivity index (χ1n) is 0.591. The van der Waals surface area contributed by atoms with Crippen LogP contribution in [-0.2, 0) is 4.84 Å². The number of hydrogen-bond acceptors (Lipinski definition) is 1. The van der Waals surface area contributed by atoms with Crippen molar-refractivity contribution in [2.45, 2.75) is 0 Å². The minimum atomic E-state index is 0. The Morgan fingerprint density at radius 2 is 1.75 bits per heavy atom. The van der Waals surface area contributed by atoms with Crippen LogP contribution in [0, 0.1) is 0 Å². The highest BCUT2D eigenvalue weighted by molar-refractivity contribution is 5.85. The molecule has 0 aliphatic carbocycles. The SMILES string of the molecule is CO[N].Cl. The largest absolute Gasteiger partial charge is 0.267 e. The molecule has 0 aromatic heterocycles. The lowest BCUT2D eigenvalue weighted by Gasteiger charge is -1.53. The van der Waals surface area contributed by atoms with Crippen molar-refractivity contribution in [3.05, 3.63) is 0 Å². The molecule has 2 radical (unpaired) electrons. The number of halogens is 1. The van der Waals surface area contributed by atoms with E-state index in [0.717, 1.165) is 0 Å². The second kappa shape index (κ2) is 10.7. The van der Waals surface area contributed by atoms with Crippen molar-refractivity contribution in [3.8, 4) is 0 Å². The molecule has 0 saturated heterocycles. The van der Waals surface area contributed by atoms with Crippen LogP contribution in [0.5, 0.6) is 0 Å². The fourth-order valence-electron chi connectivity index (χ4n) is 0. The third-order valence-electron chi connectivity index (χ3n) is 0. The van der Waals surface area contributed by atoms with E-state index >= 15 is 0 Å². The minimum Gasteiger partial charge on any atom is -0.267 e. The Morgan fingerprint density at radius 3 is 1.75 bits per heavy atom. The molecule has 0 amide bonds. The molecule has 0 unspecified atom stereocenters. The van der Waals surface area contributed by atoms with Gasteiger partial charge in [-0.05, 0) is 0 Å². The Hall–Kier alpha value is 0.210. The fourth-order valence-corrected chi connectivity index (χ4v) is 0. The molecule has 0 rings (SSSR count). The van der Waals surface area contributed by atoms with Gasteiger partial charge in [-0.15, -0.1) is 12.4 Å². The summed E-state index contributed by atoms with van der Waals surface area (Å²) in [5.74, 6) is 7.07. The summed E-state index contributed by atoms with van der Waals surface area (Å²) in [5.41, 5.74) is 0. The standard InChI is InChI=1S/CH3NO.ClH/c1-3-2;/h1H3;1H. The van der Waals surface area contributed by atoms with Gasteiger partial charge in [0.25, 0.3) is 0 Å². The maximum atomic E-state index is 7.07. The van der Waals surface area contributed by atoms with E-state index in [4.69, 9.17) is 5.90 Å². The fraction of sp³-hybridized carbons (Fsp3) is 1.00. The first-order chi connectivity index (χ1) is 1.41. The lowest BCUT2D eigenvalue weighted by Crippen LogP contribution is -1.63. The summed E-state index contributed by atoms with van der Waals surface area (Å²) in [5, 5.41) is 0. The molecule has 4 heavy (non-hydrogen) atoms. The lowest BCUT2D eigenvalue weighted by atomic mass is 11.7. The highest BCUT2D eigenvalue weighted by Gasteiger charge is 1.32. The zero-order valence-electron chi connectivity index (χ0n) is 2.26. The maximum absolute atomic E-state index is 7.07. The molecule has 0 heterocycles. The van der Waals surface area contributed by atoms with Gasteiger partial charge in [-0.25, -0.2) is 0 Å². The molecule has 2 nitrogen and oxygen atoms in total. The molecular weight excluding hydrogens is 77.5 g/mol. The zero-order chi connectivity index (χ0) is 2.71. The average Bonchev–Trinajstić information content (AvgIpc) is 0.918. The minimum absolute atomic E-state index is 0. The summed E-state index contributed by atoms with van der Waals surface area (Å²) in [6.45, 7) is 0. The van der Waals surface area contributed by atoms with Crippen LogP contribution in [0.1, 0.15) is 0 Å². The van der Waals surface area contributed by atoms with Gasteiger partial charge >= 0.3 is 0 Å². The summed E-state index contributed by atoms with van der Waals surface area (Å²) >= 11 is 0. The highest BCUT2D eigenvalue weighted by Crippen LogP contribution is 1.22. The van der Waals surface area contributed by atoms with Crippen LogP contribution in [0.3, 0.4) is 0 Å². The van der Waals surface area contributed by atoms with Crippen LogP contribution in [0.25, 0.3) is 0 Å². The van der Waals surface area contributed by atoms with E-state index in [1.165, 1.54) is 7.11 Å². The number of rotatable bonds is 0. The van der Waals surface area contributed by atoms with Crippen molar-refractivity contribution in [2.24, 2.45) is 0 Å². The van der Waals surface area contributed by atoms with Gasteiger partial charge in [-0.3, -0.25) is 4.84 Å². The molecule has 0 spiro atoms. The molecule has 0 aromatic carbocycles. The summed E-state index contributed by atoms with van der Waals surface area (Å²) in [4.78, 5) is 3.25. The normalized spacial score (nSPS) is 4.50. The number of hydrogen-bond donors (Lipinski definition) is 0. The van der Waals surface area contributed by atoms with Gasteiger partial charge in [0.05, 0.1) is 7.11 Å². The van der Waals surface area contributed by atoms with Gasteiger partial charge in [0.1, 0.15) is 0 Å². The quantitative estimate of drug-likeness (QED) is 0.379. The van der Waals surface area contributed by atoms with Crippen LogP contribution in [0.4, 0.5) is 0 Å². The average molecular weight is 81.5 g/mol. The highest BCUT2D eigenvalue weighted by atomic mass is 35.5. The molecule has 3 heteroatoms. The molecule has 0 N–H and O–H groups in total.